The molecule has 0 spiro atoms. The van der Waals surface area contributed by atoms with Gasteiger partial charge in [-0.2, -0.15) is 0 Å². The van der Waals surface area contributed by atoms with Crippen LogP contribution in [0.4, 0.5) is 10.1 Å². The minimum Gasteiger partial charge on any atom is -0.367 e. The number of nitrogens with zero attached hydrogens (tertiary/aromatic N) is 1. The van der Waals surface area contributed by atoms with Crippen molar-refractivity contribution in [2.75, 3.05) is 18.0 Å². The minimum absolute atomic E-state index is 0.147. The number of thiophene rings is 1. The Hall–Kier alpha value is -1.39. The number of nitrogens with one attached hydrogen (secondary N) is 1. The molecule has 0 saturated carbocycles. The maximum absolute atomic E-state index is 13.8. The third kappa shape index (κ3) is 2.86. The molecule has 0 saturated heterocycles. The van der Waals surface area contributed by atoms with Crippen LogP contribution in [0.15, 0.2) is 29.6 Å². The van der Waals surface area contributed by atoms with Gasteiger partial charge in [0.15, 0.2) is 0 Å². The van der Waals surface area contributed by atoms with E-state index in [1.165, 1.54) is 10.4 Å². The first-order valence-electron chi connectivity index (χ1n) is 7.06. The lowest BCUT2D eigenvalue weighted by molar-refractivity contribution is 0.619. The molecular weight excluding hydrogens is 271 g/mol. The Morgan fingerprint density at radius 2 is 2.25 bits per heavy atom. The third-order valence-corrected chi connectivity index (χ3v) is 4.72. The molecule has 0 aliphatic carbocycles. The minimum atomic E-state index is -0.147. The molecule has 20 heavy (non-hydrogen) atoms. The van der Waals surface area contributed by atoms with E-state index in [2.05, 4.69) is 34.7 Å². The van der Waals surface area contributed by atoms with Crippen LogP contribution in [0.3, 0.4) is 0 Å². The summed E-state index contributed by atoms with van der Waals surface area (Å²) in [5.41, 5.74) is 3.39. The van der Waals surface area contributed by atoms with E-state index in [0.717, 1.165) is 43.9 Å². The van der Waals surface area contributed by atoms with E-state index in [4.69, 9.17) is 0 Å². The summed E-state index contributed by atoms with van der Waals surface area (Å²) in [4.78, 5) is 3.75. The molecule has 1 N–H and O–H groups in total. The van der Waals surface area contributed by atoms with Crippen molar-refractivity contribution in [1.29, 1.82) is 0 Å². The zero-order valence-corrected chi connectivity index (χ0v) is 12.5. The quantitative estimate of drug-likeness (QED) is 0.926. The van der Waals surface area contributed by atoms with Gasteiger partial charge in [-0.15, -0.1) is 11.3 Å². The van der Waals surface area contributed by atoms with Gasteiger partial charge in [0.1, 0.15) is 5.82 Å². The summed E-state index contributed by atoms with van der Waals surface area (Å²) in [6.07, 6.45) is 1.06. The van der Waals surface area contributed by atoms with E-state index in [1.54, 1.807) is 12.1 Å². The molecule has 2 aromatic rings. The zero-order chi connectivity index (χ0) is 13.9. The Labute approximate surface area is 123 Å². The Kier molecular flexibility index (Phi) is 4.03. The van der Waals surface area contributed by atoms with E-state index >= 15 is 0 Å². The van der Waals surface area contributed by atoms with Gasteiger partial charge in [0.25, 0.3) is 0 Å². The lowest BCUT2D eigenvalue weighted by Crippen LogP contribution is -2.29. The van der Waals surface area contributed by atoms with Crippen molar-refractivity contribution < 1.29 is 4.39 Å². The SMILES string of the molecule is CCNCc1cc(F)cc(N2CCc3sccc3C2)c1. The summed E-state index contributed by atoms with van der Waals surface area (Å²) in [5.74, 6) is -0.147. The second kappa shape index (κ2) is 5.94. The van der Waals surface area contributed by atoms with Crippen LogP contribution in [0.1, 0.15) is 22.9 Å². The molecule has 1 aliphatic heterocycles. The van der Waals surface area contributed by atoms with Gasteiger partial charge >= 0.3 is 0 Å². The van der Waals surface area contributed by atoms with Crippen LogP contribution in [0.5, 0.6) is 0 Å². The highest BCUT2D eigenvalue weighted by atomic mass is 32.1. The first-order chi connectivity index (χ1) is 9.76. The zero-order valence-electron chi connectivity index (χ0n) is 11.7. The van der Waals surface area contributed by atoms with Crippen LogP contribution in [0.2, 0.25) is 0 Å². The smallest absolute Gasteiger partial charge is 0.125 e. The van der Waals surface area contributed by atoms with E-state index < -0.39 is 0 Å². The summed E-state index contributed by atoms with van der Waals surface area (Å²) in [6.45, 7) is 5.54. The van der Waals surface area contributed by atoms with Gasteiger partial charge in [-0.25, -0.2) is 4.39 Å². The van der Waals surface area contributed by atoms with Gasteiger partial charge < -0.3 is 10.2 Å². The number of anilines is 1. The highest BCUT2D eigenvalue weighted by Gasteiger charge is 2.18. The summed E-state index contributed by atoms with van der Waals surface area (Å²) in [7, 11) is 0. The summed E-state index contributed by atoms with van der Waals surface area (Å²) >= 11 is 1.83. The maximum Gasteiger partial charge on any atom is 0.125 e. The molecule has 3 rings (SSSR count). The van der Waals surface area contributed by atoms with Gasteiger partial charge in [0.05, 0.1) is 0 Å². The Balaban J connectivity index is 1.82. The van der Waals surface area contributed by atoms with Crippen LogP contribution < -0.4 is 10.2 Å². The van der Waals surface area contributed by atoms with Crippen LogP contribution >= 0.6 is 11.3 Å². The van der Waals surface area contributed by atoms with Crippen molar-refractivity contribution in [3.05, 3.63) is 51.5 Å². The Morgan fingerprint density at radius 1 is 1.35 bits per heavy atom. The fourth-order valence-corrected chi connectivity index (χ4v) is 3.55. The molecule has 106 valence electrons. The number of fused-ring (bicyclic) bond motifs is 1. The summed E-state index contributed by atoms with van der Waals surface area (Å²) < 4.78 is 13.8. The molecule has 0 bridgehead atoms. The number of hydrogen-bond acceptors (Lipinski definition) is 3. The second-order valence-corrected chi connectivity index (χ2v) is 6.14. The third-order valence-electron chi connectivity index (χ3n) is 3.69. The molecule has 0 radical (unpaired) electrons. The van der Waals surface area contributed by atoms with Gasteiger partial charge in [-0.05, 0) is 53.7 Å². The highest BCUT2D eigenvalue weighted by Crippen LogP contribution is 2.28. The van der Waals surface area contributed by atoms with Crippen LogP contribution in [-0.4, -0.2) is 13.1 Å². The Morgan fingerprint density at radius 3 is 3.10 bits per heavy atom. The van der Waals surface area contributed by atoms with Gasteiger partial charge in [0, 0.05) is 30.2 Å². The van der Waals surface area contributed by atoms with Crippen molar-refractivity contribution in [1.82, 2.24) is 5.32 Å². The second-order valence-electron chi connectivity index (χ2n) is 5.14. The van der Waals surface area contributed by atoms with E-state index in [0.29, 0.717) is 0 Å². The number of halogens is 1. The van der Waals surface area contributed by atoms with Crippen LogP contribution in [0, 0.1) is 5.82 Å². The van der Waals surface area contributed by atoms with E-state index in [9.17, 15) is 4.39 Å². The fraction of sp³-hybridized carbons (Fsp3) is 0.375. The average Bonchev–Trinajstić information content (AvgIpc) is 2.92. The monoisotopic (exact) mass is 290 g/mol. The predicted molar refractivity (Wildman–Crippen MR) is 82.9 cm³/mol. The maximum atomic E-state index is 13.8. The largest absolute Gasteiger partial charge is 0.367 e. The molecule has 1 aromatic heterocycles. The van der Waals surface area contributed by atoms with Crippen LogP contribution in [0.25, 0.3) is 0 Å². The van der Waals surface area contributed by atoms with Crippen molar-refractivity contribution in [2.24, 2.45) is 0 Å². The lowest BCUT2D eigenvalue weighted by Gasteiger charge is -2.29. The van der Waals surface area contributed by atoms with Gasteiger partial charge in [-0.1, -0.05) is 6.92 Å². The molecular formula is C16H19FN2S. The summed E-state index contributed by atoms with van der Waals surface area (Å²) in [5, 5.41) is 5.40. The van der Waals surface area contributed by atoms with Crippen molar-refractivity contribution in [3.63, 3.8) is 0 Å². The molecule has 0 amide bonds. The molecule has 2 heterocycles. The number of benzene rings is 1. The summed E-state index contributed by atoms with van der Waals surface area (Å²) in [6, 6.07) is 7.55. The molecule has 2 nitrogen and oxygen atoms in total. The van der Waals surface area contributed by atoms with E-state index in [-0.39, 0.29) is 5.82 Å². The van der Waals surface area contributed by atoms with Crippen molar-refractivity contribution in [3.8, 4) is 0 Å². The topological polar surface area (TPSA) is 15.3 Å². The fourth-order valence-electron chi connectivity index (χ4n) is 2.66. The first kappa shape index (κ1) is 13.6. The standard InChI is InChI=1S/C16H19FN2S/c1-2-18-10-12-7-14(17)9-15(8-12)19-5-3-16-13(11-19)4-6-20-16/h4,6-9,18H,2-3,5,10-11H2,1H3. The first-order valence-corrected chi connectivity index (χ1v) is 7.94. The molecule has 0 atom stereocenters. The molecule has 1 aliphatic rings. The van der Waals surface area contributed by atoms with Gasteiger partial charge in [0.2, 0.25) is 0 Å². The van der Waals surface area contributed by atoms with Crippen molar-refractivity contribution in [2.45, 2.75) is 26.4 Å². The number of rotatable bonds is 4. The van der Waals surface area contributed by atoms with Crippen molar-refractivity contribution >= 4 is 17.0 Å². The van der Waals surface area contributed by atoms with Crippen LogP contribution in [-0.2, 0) is 19.5 Å². The highest BCUT2D eigenvalue weighted by molar-refractivity contribution is 7.10. The molecule has 4 heteroatoms. The normalized spacial score (nSPS) is 14.4. The van der Waals surface area contributed by atoms with Gasteiger partial charge in [-0.3, -0.25) is 0 Å². The Bertz CT molecular complexity index is 594. The lowest BCUT2D eigenvalue weighted by atomic mass is 10.1. The molecule has 0 fully saturated rings. The van der Waals surface area contributed by atoms with E-state index in [1.807, 2.05) is 11.3 Å². The molecule has 0 unspecified atom stereocenters. The predicted octanol–water partition coefficient (Wildman–Crippen LogP) is 3.56. The average molecular weight is 290 g/mol. The molecule has 1 aromatic carbocycles. The number of hydrogen-bond donors (Lipinski definition) is 1.